The van der Waals surface area contributed by atoms with E-state index in [0.717, 1.165) is 18.5 Å². The lowest BCUT2D eigenvalue weighted by Crippen LogP contribution is -2.31. The van der Waals surface area contributed by atoms with Gasteiger partial charge in [-0.15, -0.1) is 0 Å². The van der Waals surface area contributed by atoms with Crippen LogP contribution in [-0.4, -0.2) is 29.9 Å². The van der Waals surface area contributed by atoms with E-state index in [1.807, 2.05) is 4.90 Å². The van der Waals surface area contributed by atoms with Crippen LogP contribution < -0.4 is 5.73 Å². The maximum Gasteiger partial charge on any atom is 0.222 e. The Morgan fingerprint density at radius 1 is 1.41 bits per heavy atom. The standard InChI is InChI=1S/C13H17FN2O/c14-11-4-1-10(2-5-11)3-6-13(17)16-8-7-12(15)9-16/h1-2,4-5,12H,3,6-9,15H2/t12-/m1/s1. The first-order valence-corrected chi connectivity index (χ1v) is 5.93. The molecule has 0 radical (unpaired) electrons. The van der Waals surface area contributed by atoms with Crippen molar-refractivity contribution in [2.45, 2.75) is 25.3 Å². The van der Waals surface area contributed by atoms with Crippen LogP contribution >= 0.6 is 0 Å². The molecular weight excluding hydrogens is 219 g/mol. The fourth-order valence-electron chi connectivity index (χ4n) is 2.07. The number of carbonyl (C=O) groups is 1. The molecule has 2 N–H and O–H groups in total. The Morgan fingerprint density at radius 3 is 2.71 bits per heavy atom. The zero-order valence-electron chi connectivity index (χ0n) is 9.73. The predicted octanol–water partition coefficient (Wildman–Crippen LogP) is 1.32. The van der Waals surface area contributed by atoms with Crippen LogP contribution in [0, 0.1) is 5.82 Å². The van der Waals surface area contributed by atoms with Crippen molar-refractivity contribution in [1.29, 1.82) is 0 Å². The number of rotatable bonds is 3. The average Bonchev–Trinajstić information content (AvgIpc) is 2.75. The van der Waals surface area contributed by atoms with E-state index in [2.05, 4.69) is 0 Å². The van der Waals surface area contributed by atoms with Crippen LogP contribution in [0.1, 0.15) is 18.4 Å². The topological polar surface area (TPSA) is 46.3 Å². The Balaban J connectivity index is 1.82. The molecule has 1 heterocycles. The average molecular weight is 236 g/mol. The van der Waals surface area contributed by atoms with Gasteiger partial charge in [-0.1, -0.05) is 12.1 Å². The molecule has 1 fully saturated rings. The van der Waals surface area contributed by atoms with Crippen molar-refractivity contribution in [1.82, 2.24) is 4.90 Å². The smallest absolute Gasteiger partial charge is 0.222 e. The summed E-state index contributed by atoms with van der Waals surface area (Å²) >= 11 is 0. The second-order valence-corrected chi connectivity index (χ2v) is 4.51. The van der Waals surface area contributed by atoms with E-state index >= 15 is 0 Å². The van der Waals surface area contributed by atoms with Crippen molar-refractivity contribution in [3.05, 3.63) is 35.6 Å². The number of benzene rings is 1. The summed E-state index contributed by atoms with van der Waals surface area (Å²) < 4.78 is 12.7. The number of hydrogen-bond donors (Lipinski definition) is 1. The molecule has 1 aromatic rings. The van der Waals surface area contributed by atoms with Gasteiger partial charge in [0.15, 0.2) is 0 Å². The number of nitrogens with zero attached hydrogens (tertiary/aromatic N) is 1. The van der Waals surface area contributed by atoms with Crippen LogP contribution in [0.5, 0.6) is 0 Å². The molecule has 2 rings (SSSR count). The van der Waals surface area contributed by atoms with Crippen LogP contribution in [-0.2, 0) is 11.2 Å². The molecule has 0 spiro atoms. The van der Waals surface area contributed by atoms with E-state index in [1.54, 1.807) is 12.1 Å². The summed E-state index contributed by atoms with van der Waals surface area (Å²) in [7, 11) is 0. The van der Waals surface area contributed by atoms with Gasteiger partial charge in [-0.25, -0.2) is 4.39 Å². The largest absolute Gasteiger partial charge is 0.341 e. The van der Waals surface area contributed by atoms with Crippen LogP contribution in [0.2, 0.25) is 0 Å². The molecule has 17 heavy (non-hydrogen) atoms. The van der Waals surface area contributed by atoms with Gasteiger partial charge in [0.25, 0.3) is 0 Å². The van der Waals surface area contributed by atoms with Crippen LogP contribution in [0.3, 0.4) is 0 Å². The summed E-state index contributed by atoms with van der Waals surface area (Å²) in [5.41, 5.74) is 6.74. The molecule has 92 valence electrons. The summed E-state index contributed by atoms with van der Waals surface area (Å²) in [6.07, 6.45) is 2.02. The van der Waals surface area contributed by atoms with E-state index in [1.165, 1.54) is 12.1 Å². The monoisotopic (exact) mass is 236 g/mol. The lowest BCUT2D eigenvalue weighted by Gasteiger charge is -2.15. The van der Waals surface area contributed by atoms with Gasteiger partial charge in [0.05, 0.1) is 0 Å². The lowest BCUT2D eigenvalue weighted by atomic mass is 10.1. The normalized spacial score (nSPS) is 19.6. The number of nitrogens with two attached hydrogens (primary N) is 1. The molecule has 1 saturated heterocycles. The molecule has 3 nitrogen and oxygen atoms in total. The van der Waals surface area contributed by atoms with Gasteiger partial charge in [0.1, 0.15) is 5.82 Å². The third-order valence-corrected chi connectivity index (χ3v) is 3.12. The number of hydrogen-bond acceptors (Lipinski definition) is 2. The molecule has 1 aliphatic rings. The highest BCUT2D eigenvalue weighted by molar-refractivity contribution is 5.76. The van der Waals surface area contributed by atoms with Crippen molar-refractivity contribution >= 4 is 5.91 Å². The highest BCUT2D eigenvalue weighted by atomic mass is 19.1. The Kier molecular flexibility index (Phi) is 3.74. The van der Waals surface area contributed by atoms with Gasteiger partial charge in [-0.05, 0) is 30.5 Å². The first-order valence-electron chi connectivity index (χ1n) is 5.93. The minimum atomic E-state index is -0.245. The third-order valence-electron chi connectivity index (χ3n) is 3.12. The fourth-order valence-corrected chi connectivity index (χ4v) is 2.07. The van der Waals surface area contributed by atoms with Gasteiger partial charge < -0.3 is 10.6 Å². The van der Waals surface area contributed by atoms with E-state index in [0.29, 0.717) is 19.4 Å². The fraction of sp³-hybridized carbons (Fsp3) is 0.462. The predicted molar refractivity (Wildman–Crippen MR) is 63.9 cm³/mol. The van der Waals surface area contributed by atoms with Gasteiger partial charge in [0, 0.05) is 25.6 Å². The Labute approximate surface area is 100 Å². The number of halogens is 1. The summed E-state index contributed by atoms with van der Waals surface area (Å²) in [5, 5.41) is 0. The van der Waals surface area contributed by atoms with Gasteiger partial charge >= 0.3 is 0 Å². The first-order chi connectivity index (χ1) is 8.15. The highest BCUT2D eigenvalue weighted by Crippen LogP contribution is 2.11. The van der Waals surface area contributed by atoms with Gasteiger partial charge in [-0.3, -0.25) is 4.79 Å². The maximum atomic E-state index is 12.7. The van der Waals surface area contributed by atoms with Crippen molar-refractivity contribution in [2.24, 2.45) is 5.73 Å². The Morgan fingerprint density at radius 2 is 2.12 bits per heavy atom. The second kappa shape index (κ2) is 5.27. The number of carbonyl (C=O) groups excluding carboxylic acids is 1. The molecule has 4 heteroatoms. The number of aryl methyl sites for hydroxylation is 1. The summed E-state index contributed by atoms with van der Waals surface area (Å²) in [6, 6.07) is 6.41. The van der Waals surface area contributed by atoms with E-state index in [-0.39, 0.29) is 17.8 Å². The van der Waals surface area contributed by atoms with E-state index in [9.17, 15) is 9.18 Å². The Hall–Kier alpha value is -1.42. The zero-order valence-corrected chi connectivity index (χ0v) is 9.73. The number of amides is 1. The molecule has 1 atom stereocenters. The van der Waals surface area contributed by atoms with Crippen LogP contribution in [0.4, 0.5) is 4.39 Å². The first kappa shape index (κ1) is 12.0. The summed E-state index contributed by atoms with van der Waals surface area (Å²) in [5.74, 6) is -0.104. The van der Waals surface area contributed by atoms with Crippen molar-refractivity contribution in [3.8, 4) is 0 Å². The maximum absolute atomic E-state index is 12.7. The van der Waals surface area contributed by atoms with E-state index < -0.39 is 0 Å². The molecule has 0 aromatic heterocycles. The molecule has 0 unspecified atom stereocenters. The molecule has 0 aliphatic carbocycles. The molecule has 0 saturated carbocycles. The molecule has 0 bridgehead atoms. The molecule has 1 amide bonds. The zero-order chi connectivity index (χ0) is 12.3. The van der Waals surface area contributed by atoms with E-state index in [4.69, 9.17) is 5.73 Å². The molecular formula is C13H17FN2O. The van der Waals surface area contributed by atoms with Crippen molar-refractivity contribution in [3.63, 3.8) is 0 Å². The number of likely N-dealkylation sites (tertiary alicyclic amines) is 1. The highest BCUT2D eigenvalue weighted by Gasteiger charge is 2.22. The van der Waals surface area contributed by atoms with Crippen LogP contribution in [0.15, 0.2) is 24.3 Å². The molecule has 1 aromatic carbocycles. The summed E-state index contributed by atoms with van der Waals surface area (Å²) in [6.45, 7) is 1.44. The van der Waals surface area contributed by atoms with Crippen molar-refractivity contribution in [2.75, 3.05) is 13.1 Å². The lowest BCUT2D eigenvalue weighted by molar-refractivity contribution is -0.130. The minimum Gasteiger partial charge on any atom is -0.341 e. The summed E-state index contributed by atoms with van der Waals surface area (Å²) in [4.78, 5) is 13.6. The quantitative estimate of drug-likeness (QED) is 0.860. The van der Waals surface area contributed by atoms with Crippen LogP contribution in [0.25, 0.3) is 0 Å². The SMILES string of the molecule is N[C@@H]1CCN(C(=O)CCc2ccc(F)cc2)C1. The minimum absolute atomic E-state index is 0.129. The third kappa shape index (κ3) is 3.27. The Bertz CT molecular complexity index is 391. The van der Waals surface area contributed by atoms with Gasteiger partial charge in [-0.2, -0.15) is 0 Å². The van der Waals surface area contributed by atoms with Crippen molar-refractivity contribution < 1.29 is 9.18 Å². The second-order valence-electron chi connectivity index (χ2n) is 4.51. The van der Waals surface area contributed by atoms with Gasteiger partial charge in [0.2, 0.25) is 5.91 Å². The molecule has 1 aliphatic heterocycles.